The summed E-state index contributed by atoms with van der Waals surface area (Å²) in [4.78, 5) is 2.39. The SMILES string of the molecule is Fc1cccc(CN2CCC[C@H]2c2cn[nH]c2)c1. The second kappa shape index (κ2) is 4.90. The second-order valence-corrected chi connectivity index (χ2v) is 4.79. The minimum Gasteiger partial charge on any atom is -0.292 e. The van der Waals surface area contributed by atoms with Gasteiger partial charge >= 0.3 is 0 Å². The van der Waals surface area contributed by atoms with Gasteiger partial charge in [-0.3, -0.25) is 10.00 Å². The highest BCUT2D eigenvalue weighted by molar-refractivity contribution is 5.18. The molecule has 0 spiro atoms. The van der Waals surface area contributed by atoms with E-state index in [-0.39, 0.29) is 5.82 Å². The summed E-state index contributed by atoms with van der Waals surface area (Å²) in [6, 6.07) is 7.26. The Labute approximate surface area is 106 Å². The Hall–Kier alpha value is -1.68. The van der Waals surface area contributed by atoms with Crippen molar-refractivity contribution in [1.82, 2.24) is 15.1 Å². The van der Waals surface area contributed by atoms with Crippen molar-refractivity contribution >= 4 is 0 Å². The zero-order valence-electron chi connectivity index (χ0n) is 10.1. The quantitative estimate of drug-likeness (QED) is 0.901. The maximum Gasteiger partial charge on any atom is 0.123 e. The number of benzene rings is 1. The Morgan fingerprint density at radius 1 is 1.44 bits per heavy atom. The van der Waals surface area contributed by atoms with Crippen molar-refractivity contribution in [3.63, 3.8) is 0 Å². The average molecular weight is 245 g/mol. The summed E-state index contributed by atoms with van der Waals surface area (Å²) in [7, 11) is 0. The van der Waals surface area contributed by atoms with Crippen LogP contribution < -0.4 is 0 Å². The Bertz CT molecular complexity index is 510. The van der Waals surface area contributed by atoms with E-state index in [1.807, 2.05) is 18.5 Å². The molecule has 0 radical (unpaired) electrons. The van der Waals surface area contributed by atoms with Crippen LogP contribution in [0.25, 0.3) is 0 Å². The minimum atomic E-state index is -0.161. The Kier molecular flexibility index (Phi) is 3.11. The first-order chi connectivity index (χ1) is 8.83. The predicted molar refractivity (Wildman–Crippen MR) is 67.4 cm³/mol. The number of aromatic nitrogens is 2. The van der Waals surface area contributed by atoms with Crippen LogP contribution in [0, 0.1) is 5.82 Å². The highest BCUT2D eigenvalue weighted by Gasteiger charge is 2.26. The number of nitrogens with zero attached hydrogens (tertiary/aromatic N) is 2. The predicted octanol–water partition coefficient (Wildman–Crippen LogP) is 2.89. The molecule has 3 nitrogen and oxygen atoms in total. The van der Waals surface area contributed by atoms with Crippen molar-refractivity contribution in [3.8, 4) is 0 Å². The summed E-state index contributed by atoms with van der Waals surface area (Å²) in [5, 5.41) is 6.87. The van der Waals surface area contributed by atoms with Crippen molar-refractivity contribution in [2.24, 2.45) is 0 Å². The van der Waals surface area contributed by atoms with Gasteiger partial charge in [0.25, 0.3) is 0 Å². The maximum absolute atomic E-state index is 13.2. The summed E-state index contributed by atoms with van der Waals surface area (Å²) in [6.07, 6.45) is 6.17. The number of halogens is 1. The van der Waals surface area contributed by atoms with Crippen molar-refractivity contribution in [2.45, 2.75) is 25.4 Å². The molecule has 1 aliphatic heterocycles. The van der Waals surface area contributed by atoms with Gasteiger partial charge in [-0.2, -0.15) is 5.10 Å². The lowest BCUT2D eigenvalue weighted by Gasteiger charge is -2.23. The van der Waals surface area contributed by atoms with Crippen LogP contribution in [0.5, 0.6) is 0 Å². The molecular weight excluding hydrogens is 229 g/mol. The van der Waals surface area contributed by atoms with Crippen LogP contribution in [0.1, 0.15) is 30.0 Å². The number of hydrogen-bond donors (Lipinski definition) is 1. The normalized spacial score (nSPS) is 20.4. The van der Waals surface area contributed by atoms with Gasteiger partial charge < -0.3 is 0 Å². The van der Waals surface area contributed by atoms with Gasteiger partial charge in [0.05, 0.1) is 6.20 Å². The molecule has 3 rings (SSSR count). The van der Waals surface area contributed by atoms with Gasteiger partial charge in [0.15, 0.2) is 0 Å². The molecule has 0 aliphatic carbocycles. The molecule has 0 amide bonds. The van der Waals surface area contributed by atoms with Gasteiger partial charge in [0.2, 0.25) is 0 Å². The first-order valence-corrected chi connectivity index (χ1v) is 6.30. The van der Waals surface area contributed by atoms with E-state index in [1.165, 1.54) is 18.1 Å². The van der Waals surface area contributed by atoms with E-state index in [1.54, 1.807) is 12.1 Å². The van der Waals surface area contributed by atoms with E-state index < -0.39 is 0 Å². The van der Waals surface area contributed by atoms with Crippen LogP contribution in [0.2, 0.25) is 0 Å². The number of nitrogens with one attached hydrogen (secondary N) is 1. The van der Waals surface area contributed by atoms with Crippen LogP contribution in [-0.4, -0.2) is 21.6 Å². The first-order valence-electron chi connectivity index (χ1n) is 6.30. The van der Waals surface area contributed by atoms with E-state index in [0.29, 0.717) is 6.04 Å². The fourth-order valence-corrected chi connectivity index (χ4v) is 2.71. The number of rotatable bonds is 3. The summed E-state index contributed by atoms with van der Waals surface area (Å²) in [5.74, 6) is -0.161. The van der Waals surface area contributed by atoms with Gasteiger partial charge in [-0.15, -0.1) is 0 Å². The van der Waals surface area contributed by atoms with E-state index >= 15 is 0 Å². The summed E-state index contributed by atoms with van der Waals surface area (Å²) in [6.45, 7) is 1.86. The van der Waals surface area contributed by atoms with Crippen LogP contribution in [0.15, 0.2) is 36.7 Å². The molecule has 1 N–H and O–H groups in total. The maximum atomic E-state index is 13.2. The molecule has 1 fully saturated rings. The standard InChI is InChI=1S/C14H16FN3/c15-13-4-1-3-11(7-13)10-18-6-2-5-14(18)12-8-16-17-9-12/h1,3-4,7-9,14H,2,5-6,10H2,(H,16,17)/t14-/m0/s1. The van der Waals surface area contributed by atoms with Crippen molar-refractivity contribution in [1.29, 1.82) is 0 Å². The van der Waals surface area contributed by atoms with Gasteiger partial charge in [-0.25, -0.2) is 4.39 Å². The number of hydrogen-bond acceptors (Lipinski definition) is 2. The van der Waals surface area contributed by atoms with Gasteiger partial charge in [0.1, 0.15) is 5.82 Å². The third-order valence-corrected chi connectivity index (χ3v) is 3.54. The van der Waals surface area contributed by atoms with Crippen LogP contribution in [-0.2, 0) is 6.54 Å². The Morgan fingerprint density at radius 3 is 3.17 bits per heavy atom. The van der Waals surface area contributed by atoms with Crippen LogP contribution in [0.4, 0.5) is 4.39 Å². The molecule has 1 aliphatic rings. The van der Waals surface area contributed by atoms with Crippen LogP contribution >= 0.6 is 0 Å². The Balaban J connectivity index is 1.76. The lowest BCUT2D eigenvalue weighted by atomic mass is 10.1. The van der Waals surface area contributed by atoms with Crippen molar-refractivity contribution in [3.05, 3.63) is 53.6 Å². The highest BCUT2D eigenvalue weighted by atomic mass is 19.1. The monoisotopic (exact) mass is 245 g/mol. The molecule has 1 atom stereocenters. The molecule has 2 aromatic rings. The molecule has 4 heteroatoms. The molecule has 2 heterocycles. The fraction of sp³-hybridized carbons (Fsp3) is 0.357. The van der Waals surface area contributed by atoms with Gasteiger partial charge in [-0.05, 0) is 37.1 Å². The van der Waals surface area contributed by atoms with Gasteiger partial charge in [0, 0.05) is 24.3 Å². The minimum absolute atomic E-state index is 0.161. The number of aromatic amines is 1. The lowest BCUT2D eigenvalue weighted by Crippen LogP contribution is -2.22. The van der Waals surface area contributed by atoms with Crippen molar-refractivity contribution < 1.29 is 4.39 Å². The topological polar surface area (TPSA) is 31.9 Å². The lowest BCUT2D eigenvalue weighted by molar-refractivity contribution is 0.248. The average Bonchev–Trinajstić information content (AvgIpc) is 2.98. The van der Waals surface area contributed by atoms with E-state index in [0.717, 1.165) is 25.1 Å². The Morgan fingerprint density at radius 2 is 2.39 bits per heavy atom. The summed E-state index contributed by atoms with van der Waals surface area (Å²) in [5.41, 5.74) is 2.26. The zero-order valence-corrected chi connectivity index (χ0v) is 10.1. The molecule has 94 valence electrons. The highest BCUT2D eigenvalue weighted by Crippen LogP contribution is 2.32. The van der Waals surface area contributed by atoms with Crippen molar-refractivity contribution in [2.75, 3.05) is 6.54 Å². The molecule has 18 heavy (non-hydrogen) atoms. The zero-order chi connectivity index (χ0) is 12.4. The smallest absolute Gasteiger partial charge is 0.123 e. The fourth-order valence-electron chi connectivity index (χ4n) is 2.71. The third kappa shape index (κ3) is 2.29. The summed E-state index contributed by atoms with van der Waals surface area (Å²) < 4.78 is 13.2. The largest absolute Gasteiger partial charge is 0.292 e. The van der Waals surface area contributed by atoms with E-state index in [4.69, 9.17) is 0 Å². The van der Waals surface area contributed by atoms with Crippen LogP contribution in [0.3, 0.4) is 0 Å². The summed E-state index contributed by atoms with van der Waals surface area (Å²) >= 11 is 0. The molecule has 0 bridgehead atoms. The molecule has 0 saturated carbocycles. The first kappa shape index (κ1) is 11.4. The molecule has 0 unspecified atom stereocenters. The third-order valence-electron chi connectivity index (χ3n) is 3.54. The van der Waals surface area contributed by atoms with E-state index in [2.05, 4.69) is 15.1 Å². The second-order valence-electron chi connectivity index (χ2n) is 4.79. The molecular formula is C14H16FN3. The van der Waals surface area contributed by atoms with Gasteiger partial charge in [-0.1, -0.05) is 12.1 Å². The van der Waals surface area contributed by atoms with E-state index in [9.17, 15) is 4.39 Å². The number of likely N-dealkylation sites (tertiary alicyclic amines) is 1. The molecule has 1 aromatic carbocycles. The number of H-pyrrole nitrogens is 1. The molecule has 1 saturated heterocycles. The molecule has 1 aromatic heterocycles.